The van der Waals surface area contributed by atoms with Gasteiger partial charge in [-0.25, -0.2) is 13.1 Å². The zero-order valence-corrected chi connectivity index (χ0v) is 17.5. The molecule has 0 aliphatic heterocycles. The summed E-state index contributed by atoms with van der Waals surface area (Å²) in [6.45, 7) is 5.03. The first-order chi connectivity index (χ1) is 12.6. The van der Waals surface area contributed by atoms with Gasteiger partial charge in [0.1, 0.15) is 0 Å². The highest BCUT2D eigenvalue weighted by molar-refractivity contribution is 7.90. The van der Waals surface area contributed by atoms with E-state index < -0.39 is 14.8 Å². The fraction of sp³-hybridized carbons (Fsp3) is 0.632. The lowest BCUT2D eigenvalue weighted by molar-refractivity contribution is -0.120. The van der Waals surface area contributed by atoms with Gasteiger partial charge in [0.25, 0.3) is 0 Å². The van der Waals surface area contributed by atoms with Gasteiger partial charge < -0.3 is 14.8 Å². The van der Waals surface area contributed by atoms with Crippen LogP contribution in [0, 0.1) is 5.92 Å². The molecule has 0 atom stereocenters. The van der Waals surface area contributed by atoms with Crippen molar-refractivity contribution in [1.29, 1.82) is 0 Å². The molecule has 1 fully saturated rings. The second-order valence-corrected chi connectivity index (χ2v) is 10.3. The maximum atomic E-state index is 12.6. The minimum Gasteiger partial charge on any atom is -0.493 e. The topological polar surface area (TPSA) is 93.7 Å². The molecule has 0 radical (unpaired) electrons. The summed E-state index contributed by atoms with van der Waals surface area (Å²) in [6, 6.07) is 5.12. The number of hydrogen-bond donors (Lipinski definition) is 2. The Morgan fingerprint density at radius 3 is 2.15 bits per heavy atom. The number of rotatable bonds is 6. The average molecular weight is 399 g/mol. The van der Waals surface area contributed by atoms with Crippen molar-refractivity contribution in [1.82, 2.24) is 4.72 Å². The van der Waals surface area contributed by atoms with Gasteiger partial charge in [-0.2, -0.15) is 0 Å². The zero-order chi connectivity index (χ0) is 20.2. The molecule has 1 aromatic carbocycles. The van der Waals surface area contributed by atoms with Crippen molar-refractivity contribution in [2.75, 3.05) is 19.5 Å². The molecule has 0 aromatic heterocycles. The highest BCUT2D eigenvalue weighted by Gasteiger charge is 2.34. The minimum absolute atomic E-state index is 0.0562. The number of carbonyl (C=O) groups is 1. The number of anilines is 1. The fourth-order valence-electron chi connectivity index (χ4n) is 3.03. The van der Waals surface area contributed by atoms with Crippen molar-refractivity contribution in [3.8, 4) is 11.5 Å². The van der Waals surface area contributed by atoms with Crippen molar-refractivity contribution in [3.05, 3.63) is 18.2 Å². The number of benzene rings is 1. The van der Waals surface area contributed by atoms with Gasteiger partial charge in [0.2, 0.25) is 15.9 Å². The molecule has 1 aliphatic carbocycles. The van der Waals surface area contributed by atoms with Crippen LogP contribution in [0.5, 0.6) is 11.5 Å². The predicted molar refractivity (Wildman–Crippen MR) is 106 cm³/mol. The molecule has 0 spiro atoms. The van der Waals surface area contributed by atoms with Gasteiger partial charge in [0, 0.05) is 23.7 Å². The van der Waals surface area contributed by atoms with Gasteiger partial charge in [-0.3, -0.25) is 4.79 Å². The summed E-state index contributed by atoms with van der Waals surface area (Å²) < 4.78 is 36.9. The number of hydrogen-bond acceptors (Lipinski definition) is 5. The van der Waals surface area contributed by atoms with Gasteiger partial charge in [-0.05, 0) is 58.6 Å². The largest absolute Gasteiger partial charge is 0.493 e. The van der Waals surface area contributed by atoms with E-state index in [0.29, 0.717) is 42.9 Å². The minimum atomic E-state index is -3.37. The molecule has 7 nitrogen and oxygen atoms in total. The van der Waals surface area contributed by atoms with Crippen LogP contribution in [0.15, 0.2) is 18.2 Å². The average Bonchev–Trinajstić information content (AvgIpc) is 2.60. The lowest BCUT2D eigenvalue weighted by Gasteiger charge is -2.30. The summed E-state index contributed by atoms with van der Waals surface area (Å²) in [5, 5.41) is 2.91. The van der Waals surface area contributed by atoms with Crippen molar-refractivity contribution in [2.24, 2.45) is 5.92 Å². The third kappa shape index (κ3) is 5.35. The van der Waals surface area contributed by atoms with Crippen LogP contribution in [0.1, 0.15) is 46.5 Å². The normalized spacial score (nSPS) is 20.8. The summed E-state index contributed by atoms with van der Waals surface area (Å²) in [5.74, 6) is 0.963. The van der Waals surface area contributed by atoms with E-state index in [1.54, 1.807) is 53.2 Å². The van der Waals surface area contributed by atoms with E-state index in [4.69, 9.17) is 9.47 Å². The van der Waals surface area contributed by atoms with Crippen molar-refractivity contribution >= 4 is 21.6 Å². The van der Waals surface area contributed by atoms with E-state index >= 15 is 0 Å². The van der Waals surface area contributed by atoms with E-state index in [-0.39, 0.29) is 17.9 Å². The van der Waals surface area contributed by atoms with Crippen LogP contribution in [-0.2, 0) is 14.8 Å². The third-order valence-electron chi connectivity index (χ3n) is 4.88. The number of ether oxygens (including phenoxy) is 2. The van der Waals surface area contributed by atoms with Gasteiger partial charge in [-0.15, -0.1) is 0 Å². The lowest BCUT2D eigenvalue weighted by atomic mass is 9.86. The molecule has 0 unspecified atom stereocenters. The van der Waals surface area contributed by atoms with Crippen LogP contribution in [0.2, 0.25) is 0 Å². The zero-order valence-electron chi connectivity index (χ0n) is 16.7. The van der Waals surface area contributed by atoms with Crippen LogP contribution in [-0.4, -0.2) is 39.3 Å². The summed E-state index contributed by atoms with van der Waals surface area (Å²) in [7, 11) is -0.271. The molecule has 0 saturated heterocycles. The predicted octanol–water partition coefficient (Wildman–Crippen LogP) is 2.92. The summed E-state index contributed by atoms with van der Waals surface area (Å²) in [5.41, 5.74) is 0.646. The number of methoxy groups -OCH3 is 2. The maximum Gasteiger partial charge on any atom is 0.227 e. The first-order valence-corrected chi connectivity index (χ1v) is 10.6. The lowest BCUT2D eigenvalue weighted by Crippen LogP contribution is -2.46. The Labute approximate surface area is 161 Å². The number of carbonyl (C=O) groups excluding carboxylic acids is 1. The molecular formula is C19H30N2O5S. The Morgan fingerprint density at radius 2 is 1.63 bits per heavy atom. The molecule has 1 amide bonds. The number of nitrogens with one attached hydrogen (secondary N) is 2. The second kappa shape index (κ2) is 8.48. The van der Waals surface area contributed by atoms with E-state index in [1.807, 2.05) is 0 Å². The van der Waals surface area contributed by atoms with Crippen molar-refractivity contribution in [2.45, 2.75) is 57.2 Å². The Hall–Kier alpha value is -1.80. The smallest absolute Gasteiger partial charge is 0.227 e. The molecule has 1 aliphatic rings. The first kappa shape index (κ1) is 21.5. The standard InChI is InChI=1S/C19H30N2O5S/c1-19(2,3)27(23,24)21-14-8-6-13(7-9-14)18(22)20-15-10-11-16(25-4)17(12-15)26-5/h10-14,21H,6-9H2,1-5H3,(H,20,22)/t13-,14-. The van der Waals surface area contributed by atoms with E-state index in [0.717, 1.165) is 0 Å². The Bertz CT molecular complexity index is 763. The van der Waals surface area contributed by atoms with Crippen LogP contribution in [0.25, 0.3) is 0 Å². The van der Waals surface area contributed by atoms with Gasteiger partial charge in [0.05, 0.1) is 19.0 Å². The van der Waals surface area contributed by atoms with E-state index in [9.17, 15) is 13.2 Å². The number of amides is 1. The van der Waals surface area contributed by atoms with E-state index in [1.165, 1.54) is 0 Å². The SMILES string of the molecule is COc1ccc(NC(=O)[C@H]2CC[C@H](NS(=O)(=O)C(C)(C)C)CC2)cc1OC. The summed E-state index contributed by atoms with van der Waals surface area (Å²) in [4.78, 5) is 12.6. The van der Waals surface area contributed by atoms with Gasteiger partial charge >= 0.3 is 0 Å². The second-order valence-electron chi connectivity index (χ2n) is 7.84. The Balaban J connectivity index is 1.92. The van der Waals surface area contributed by atoms with E-state index in [2.05, 4.69) is 10.0 Å². The molecule has 1 saturated carbocycles. The van der Waals surface area contributed by atoms with Crippen LogP contribution >= 0.6 is 0 Å². The van der Waals surface area contributed by atoms with Crippen LogP contribution < -0.4 is 19.5 Å². The molecule has 0 heterocycles. The molecule has 27 heavy (non-hydrogen) atoms. The monoisotopic (exact) mass is 398 g/mol. The quantitative estimate of drug-likeness (QED) is 0.768. The van der Waals surface area contributed by atoms with Gasteiger partial charge in [0.15, 0.2) is 11.5 Å². The van der Waals surface area contributed by atoms with Crippen LogP contribution in [0.4, 0.5) is 5.69 Å². The highest BCUT2D eigenvalue weighted by atomic mass is 32.2. The van der Waals surface area contributed by atoms with Gasteiger partial charge in [-0.1, -0.05) is 0 Å². The fourth-order valence-corrected chi connectivity index (χ4v) is 4.06. The first-order valence-electron chi connectivity index (χ1n) is 9.12. The number of sulfonamides is 1. The highest BCUT2D eigenvalue weighted by Crippen LogP contribution is 2.31. The third-order valence-corrected chi connectivity index (χ3v) is 7.13. The molecule has 0 bridgehead atoms. The molecular weight excluding hydrogens is 368 g/mol. The molecule has 2 rings (SSSR count). The molecule has 8 heteroatoms. The Kier molecular flexibility index (Phi) is 6.75. The summed E-state index contributed by atoms with van der Waals surface area (Å²) in [6.07, 6.45) is 2.60. The Morgan fingerprint density at radius 1 is 1.04 bits per heavy atom. The van der Waals surface area contributed by atoms with Crippen LogP contribution in [0.3, 0.4) is 0 Å². The molecule has 2 N–H and O–H groups in total. The summed E-state index contributed by atoms with van der Waals surface area (Å²) >= 11 is 0. The molecule has 152 valence electrons. The van der Waals surface area contributed by atoms with Crippen molar-refractivity contribution < 1.29 is 22.7 Å². The molecule has 1 aromatic rings. The van der Waals surface area contributed by atoms with Crippen molar-refractivity contribution in [3.63, 3.8) is 0 Å². The maximum absolute atomic E-state index is 12.6.